The molecule has 0 aliphatic carbocycles. The predicted octanol–water partition coefficient (Wildman–Crippen LogP) is 3.38. The number of hydrogen-bond donors (Lipinski definition) is 1. The summed E-state index contributed by atoms with van der Waals surface area (Å²) in [6.45, 7) is 11.0. The monoisotopic (exact) mass is 337 g/mol. The van der Waals surface area contributed by atoms with E-state index in [4.69, 9.17) is 0 Å². The average molecular weight is 338 g/mol. The molecule has 0 radical (unpaired) electrons. The maximum Gasteiger partial charge on any atom is 0.0451 e. The molecule has 1 saturated heterocycles. The summed E-state index contributed by atoms with van der Waals surface area (Å²) in [5, 5.41) is 3.80. The Hall–Kier alpha value is -1.68. The van der Waals surface area contributed by atoms with Crippen LogP contribution in [0.15, 0.2) is 48.5 Å². The van der Waals surface area contributed by atoms with Crippen molar-refractivity contribution in [1.29, 1.82) is 0 Å². The maximum atomic E-state index is 3.80. The van der Waals surface area contributed by atoms with Crippen LogP contribution in [0.5, 0.6) is 0 Å². The van der Waals surface area contributed by atoms with Crippen LogP contribution in [0.1, 0.15) is 28.3 Å². The van der Waals surface area contributed by atoms with Crippen LogP contribution >= 0.6 is 0 Å². The molecule has 1 fully saturated rings. The van der Waals surface area contributed by atoms with Crippen LogP contribution in [0.3, 0.4) is 0 Å². The molecular formula is C22H31N3. The van der Waals surface area contributed by atoms with E-state index in [0.29, 0.717) is 6.04 Å². The number of aryl methyl sites for hydroxylation is 2. The number of nitrogens with zero attached hydrogens (tertiary/aromatic N) is 2. The van der Waals surface area contributed by atoms with Gasteiger partial charge in [-0.3, -0.25) is 4.90 Å². The fourth-order valence-electron chi connectivity index (χ4n) is 3.42. The van der Waals surface area contributed by atoms with Crippen molar-refractivity contribution in [1.82, 2.24) is 15.1 Å². The fraction of sp³-hybridized carbons (Fsp3) is 0.455. The Bertz CT molecular complexity index is 660. The molecule has 0 spiro atoms. The van der Waals surface area contributed by atoms with E-state index in [2.05, 4.69) is 84.5 Å². The van der Waals surface area contributed by atoms with Gasteiger partial charge >= 0.3 is 0 Å². The van der Waals surface area contributed by atoms with Crippen LogP contribution < -0.4 is 5.32 Å². The highest BCUT2D eigenvalue weighted by Crippen LogP contribution is 2.17. The van der Waals surface area contributed by atoms with Crippen LogP contribution in [-0.2, 0) is 6.54 Å². The Kier molecular flexibility index (Phi) is 6.24. The second kappa shape index (κ2) is 8.61. The molecule has 3 nitrogen and oxygen atoms in total. The number of likely N-dealkylation sites (N-methyl/N-ethyl adjacent to an activating group) is 1. The van der Waals surface area contributed by atoms with Gasteiger partial charge in [0.15, 0.2) is 0 Å². The van der Waals surface area contributed by atoms with Gasteiger partial charge in [-0.25, -0.2) is 0 Å². The van der Waals surface area contributed by atoms with E-state index >= 15 is 0 Å². The molecule has 0 amide bonds. The normalized spacial score (nSPS) is 17.6. The van der Waals surface area contributed by atoms with E-state index in [9.17, 15) is 0 Å². The Balaban J connectivity index is 1.67. The van der Waals surface area contributed by atoms with Crippen LogP contribution in [0, 0.1) is 13.8 Å². The summed E-state index contributed by atoms with van der Waals surface area (Å²) in [7, 11) is 2.21. The van der Waals surface area contributed by atoms with Crippen LogP contribution in [0.4, 0.5) is 0 Å². The molecule has 2 aromatic rings. The summed E-state index contributed by atoms with van der Waals surface area (Å²) in [5.74, 6) is 0. The second-order valence-electron chi connectivity index (χ2n) is 7.37. The molecule has 25 heavy (non-hydrogen) atoms. The molecule has 0 saturated carbocycles. The number of hydrogen-bond acceptors (Lipinski definition) is 3. The lowest BCUT2D eigenvalue weighted by atomic mass is 10.0. The maximum absolute atomic E-state index is 3.80. The van der Waals surface area contributed by atoms with E-state index < -0.39 is 0 Å². The fourth-order valence-corrected chi connectivity index (χ4v) is 3.42. The first-order valence-electron chi connectivity index (χ1n) is 9.37. The summed E-state index contributed by atoms with van der Waals surface area (Å²) >= 11 is 0. The molecule has 1 aliphatic heterocycles. The Labute approximate surface area is 152 Å². The van der Waals surface area contributed by atoms with Gasteiger partial charge in [0.25, 0.3) is 0 Å². The Morgan fingerprint density at radius 3 is 2.32 bits per heavy atom. The molecule has 1 aliphatic rings. The summed E-state index contributed by atoms with van der Waals surface area (Å²) in [5.41, 5.74) is 5.48. The second-order valence-corrected chi connectivity index (χ2v) is 7.37. The van der Waals surface area contributed by atoms with Gasteiger partial charge in [0.1, 0.15) is 0 Å². The molecule has 2 aromatic carbocycles. The van der Waals surface area contributed by atoms with E-state index in [1.165, 1.54) is 35.3 Å². The highest BCUT2D eigenvalue weighted by molar-refractivity contribution is 5.30. The molecule has 0 bridgehead atoms. The van der Waals surface area contributed by atoms with Crippen molar-refractivity contribution in [3.8, 4) is 0 Å². The molecule has 1 unspecified atom stereocenters. The first-order chi connectivity index (χ1) is 12.1. The highest BCUT2D eigenvalue weighted by Gasteiger charge is 2.19. The van der Waals surface area contributed by atoms with Gasteiger partial charge in [0.05, 0.1) is 0 Å². The van der Waals surface area contributed by atoms with Crippen molar-refractivity contribution in [2.75, 3.05) is 39.8 Å². The number of rotatable bonds is 6. The van der Waals surface area contributed by atoms with E-state index in [1.807, 2.05) is 0 Å². The predicted molar refractivity (Wildman–Crippen MR) is 106 cm³/mol. The summed E-state index contributed by atoms with van der Waals surface area (Å²) in [4.78, 5) is 5.00. The van der Waals surface area contributed by atoms with Crippen molar-refractivity contribution in [2.24, 2.45) is 0 Å². The number of nitrogens with one attached hydrogen (secondary N) is 1. The van der Waals surface area contributed by atoms with Gasteiger partial charge in [-0.15, -0.1) is 0 Å². The van der Waals surface area contributed by atoms with Gasteiger partial charge in [0.2, 0.25) is 0 Å². The first kappa shape index (κ1) is 18.1. The third kappa shape index (κ3) is 5.15. The van der Waals surface area contributed by atoms with Crippen LogP contribution in [0.25, 0.3) is 0 Å². The van der Waals surface area contributed by atoms with Gasteiger partial charge in [-0.1, -0.05) is 48.5 Å². The summed E-state index contributed by atoms with van der Waals surface area (Å²) in [6.07, 6.45) is 0. The third-order valence-corrected chi connectivity index (χ3v) is 5.36. The minimum absolute atomic E-state index is 0.367. The molecule has 1 heterocycles. The van der Waals surface area contributed by atoms with Crippen molar-refractivity contribution in [3.63, 3.8) is 0 Å². The average Bonchev–Trinajstić information content (AvgIpc) is 2.64. The largest absolute Gasteiger partial charge is 0.305 e. The number of piperazine rings is 1. The quantitative estimate of drug-likeness (QED) is 0.872. The zero-order chi connectivity index (χ0) is 17.6. The van der Waals surface area contributed by atoms with Gasteiger partial charge in [0, 0.05) is 45.3 Å². The SMILES string of the molecule is Cc1ccc(CNC(CN2CCN(C)CC2)c2ccccc2)cc1C. The Morgan fingerprint density at radius 1 is 0.920 bits per heavy atom. The van der Waals surface area contributed by atoms with Gasteiger partial charge < -0.3 is 10.2 Å². The molecule has 134 valence electrons. The molecular weight excluding hydrogens is 306 g/mol. The summed E-state index contributed by atoms with van der Waals surface area (Å²) < 4.78 is 0. The van der Waals surface area contributed by atoms with E-state index in [0.717, 1.165) is 26.2 Å². The van der Waals surface area contributed by atoms with Crippen molar-refractivity contribution in [2.45, 2.75) is 26.4 Å². The minimum Gasteiger partial charge on any atom is -0.305 e. The lowest BCUT2D eigenvalue weighted by Crippen LogP contribution is -2.47. The minimum atomic E-state index is 0.367. The molecule has 1 N–H and O–H groups in total. The zero-order valence-corrected chi connectivity index (χ0v) is 15.8. The molecule has 1 atom stereocenters. The smallest absolute Gasteiger partial charge is 0.0451 e. The lowest BCUT2D eigenvalue weighted by Gasteiger charge is -2.35. The topological polar surface area (TPSA) is 18.5 Å². The third-order valence-electron chi connectivity index (χ3n) is 5.36. The zero-order valence-electron chi connectivity index (χ0n) is 15.8. The van der Waals surface area contributed by atoms with Crippen molar-refractivity contribution < 1.29 is 0 Å². The Morgan fingerprint density at radius 2 is 1.64 bits per heavy atom. The van der Waals surface area contributed by atoms with Gasteiger partial charge in [-0.2, -0.15) is 0 Å². The number of benzene rings is 2. The van der Waals surface area contributed by atoms with Gasteiger partial charge in [-0.05, 0) is 43.1 Å². The molecule has 3 rings (SSSR count). The van der Waals surface area contributed by atoms with Crippen molar-refractivity contribution >= 4 is 0 Å². The lowest BCUT2D eigenvalue weighted by molar-refractivity contribution is 0.142. The van der Waals surface area contributed by atoms with E-state index in [-0.39, 0.29) is 0 Å². The standard InChI is InChI=1S/C22H31N3/c1-18-9-10-20(15-19(18)2)16-23-22(21-7-5-4-6-8-21)17-25-13-11-24(3)12-14-25/h4-10,15,22-23H,11-14,16-17H2,1-3H3. The highest BCUT2D eigenvalue weighted by atomic mass is 15.3. The molecule has 3 heteroatoms. The molecule has 0 aromatic heterocycles. The van der Waals surface area contributed by atoms with Crippen LogP contribution in [0.2, 0.25) is 0 Å². The van der Waals surface area contributed by atoms with E-state index in [1.54, 1.807) is 0 Å². The summed E-state index contributed by atoms with van der Waals surface area (Å²) in [6, 6.07) is 18.0. The van der Waals surface area contributed by atoms with Crippen LogP contribution in [-0.4, -0.2) is 49.6 Å². The van der Waals surface area contributed by atoms with Crippen molar-refractivity contribution in [3.05, 3.63) is 70.8 Å². The first-order valence-corrected chi connectivity index (χ1v) is 9.37.